The fourth-order valence-electron chi connectivity index (χ4n) is 2.73. The summed E-state index contributed by atoms with van der Waals surface area (Å²) in [7, 11) is 0. The van der Waals surface area contributed by atoms with Crippen LogP contribution < -0.4 is 5.32 Å². The van der Waals surface area contributed by atoms with Crippen LogP contribution in [0.4, 0.5) is 0 Å². The van der Waals surface area contributed by atoms with Crippen LogP contribution in [0.25, 0.3) is 11.2 Å². The Bertz CT molecular complexity index is 506. The minimum Gasteiger partial charge on any atom is -0.339 e. The molecule has 0 aliphatic carbocycles. The van der Waals surface area contributed by atoms with Gasteiger partial charge in [0.2, 0.25) is 0 Å². The van der Waals surface area contributed by atoms with E-state index in [0.29, 0.717) is 5.92 Å². The van der Waals surface area contributed by atoms with Crippen molar-refractivity contribution in [3.05, 3.63) is 18.3 Å². The van der Waals surface area contributed by atoms with Gasteiger partial charge in [0.15, 0.2) is 5.65 Å². The van der Waals surface area contributed by atoms with Gasteiger partial charge in [-0.05, 0) is 31.8 Å². The maximum Gasteiger partial charge on any atom is 0.180 e. The standard InChI is InChI=1S/C13H19N5/c1-13(2,9-4-3-5-14-6-9)12-17-10-7-15-8-16-11(10)18-12/h7-9,14H,3-6H2,1-2H3,(H,15,16,17,18). The van der Waals surface area contributed by atoms with Gasteiger partial charge < -0.3 is 10.3 Å². The van der Waals surface area contributed by atoms with Crippen molar-refractivity contribution in [1.82, 2.24) is 25.3 Å². The Labute approximate surface area is 106 Å². The Hall–Kier alpha value is -1.49. The predicted molar refractivity (Wildman–Crippen MR) is 70.3 cm³/mol. The number of hydrogen-bond donors (Lipinski definition) is 2. The van der Waals surface area contributed by atoms with E-state index in [-0.39, 0.29) is 5.41 Å². The highest BCUT2D eigenvalue weighted by atomic mass is 15.0. The fourth-order valence-corrected chi connectivity index (χ4v) is 2.73. The van der Waals surface area contributed by atoms with Crippen molar-refractivity contribution < 1.29 is 0 Å². The lowest BCUT2D eigenvalue weighted by molar-refractivity contribution is 0.243. The first-order valence-electron chi connectivity index (χ1n) is 6.55. The second-order valence-corrected chi connectivity index (χ2v) is 5.61. The molecule has 5 heteroatoms. The molecule has 96 valence electrons. The van der Waals surface area contributed by atoms with Gasteiger partial charge in [0.1, 0.15) is 17.7 Å². The summed E-state index contributed by atoms with van der Waals surface area (Å²) in [6.45, 7) is 6.72. The van der Waals surface area contributed by atoms with Crippen molar-refractivity contribution in [3.8, 4) is 0 Å². The van der Waals surface area contributed by atoms with Gasteiger partial charge in [-0.25, -0.2) is 15.0 Å². The molecule has 0 bridgehead atoms. The molecule has 0 saturated carbocycles. The number of fused-ring (bicyclic) bond motifs is 1. The number of hydrogen-bond acceptors (Lipinski definition) is 4. The van der Waals surface area contributed by atoms with Crippen molar-refractivity contribution in [1.29, 1.82) is 0 Å². The van der Waals surface area contributed by atoms with Gasteiger partial charge in [0.25, 0.3) is 0 Å². The van der Waals surface area contributed by atoms with E-state index in [9.17, 15) is 0 Å². The van der Waals surface area contributed by atoms with Gasteiger partial charge in [-0.3, -0.25) is 0 Å². The van der Waals surface area contributed by atoms with Gasteiger partial charge in [-0.1, -0.05) is 13.8 Å². The van der Waals surface area contributed by atoms with E-state index in [1.807, 2.05) is 0 Å². The van der Waals surface area contributed by atoms with Crippen LogP contribution in [0.1, 0.15) is 32.5 Å². The van der Waals surface area contributed by atoms with Crippen LogP contribution in [0.2, 0.25) is 0 Å². The van der Waals surface area contributed by atoms with E-state index in [2.05, 4.69) is 39.1 Å². The molecule has 2 aromatic rings. The highest BCUT2D eigenvalue weighted by molar-refractivity contribution is 5.69. The van der Waals surface area contributed by atoms with Crippen molar-refractivity contribution >= 4 is 11.2 Å². The lowest BCUT2D eigenvalue weighted by Gasteiger charge is -2.35. The molecule has 3 heterocycles. The normalized spacial score (nSPS) is 21.3. The first-order chi connectivity index (χ1) is 8.68. The maximum atomic E-state index is 4.63. The Kier molecular flexibility index (Phi) is 2.78. The number of aromatic nitrogens is 4. The van der Waals surface area contributed by atoms with Crippen LogP contribution in [0.15, 0.2) is 12.5 Å². The Morgan fingerprint density at radius 3 is 3.00 bits per heavy atom. The molecule has 1 unspecified atom stereocenters. The van der Waals surface area contributed by atoms with Crippen molar-refractivity contribution in [2.24, 2.45) is 5.92 Å². The maximum absolute atomic E-state index is 4.63. The number of aromatic amines is 1. The molecular weight excluding hydrogens is 226 g/mol. The third-order valence-electron chi connectivity index (χ3n) is 4.09. The molecular formula is C13H19N5. The van der Waals surface area contributed by atoms with Crippen LogP contribution >= 0.6 is 0 Å². The first-order valence-corrected chi connectivity index (χ1v) is 6.55. The second-order valence-electron chi connectivity index (χ2n) is 5.61. The highest BCUT2D eigenvalue weighted by Gasteiger charge is 2.34. The molecule has 1 aliphatic rings. The molecule has 0 spiro atoms. The number of piperidine rings is 1. The van der Waals surface area contributed by atoms with E-state index >= 15 is 0 Å². The molecule has 1 saturated heterocycles. The molecule has 1 atom stereocenters. The van der Waals surface area contributed by atoms with Crippen molar-refractivity contribution in [2.45, 2.75) is 32.1 Å². The minimum absolute atomic E-state index is 0.0358. The summed E-state index contributed by atoms with van der Waals surface area (Å²) in [5, 5.41) is 3.47. The monoisotopic (exact) mass is 245 g/mol. The number of nitrogens with one attached hydrogen (secondary N) is 2. The van der Waals surface area contributed by atoms with E-state index in [1.54, 1.807) is 12.5 Å². The number of imidazole rings is 1. The Balaban J connectivity index is 1.96. The molecule has 1 aliphatic heterocycles. The van der Waals surface area contributed by atoms with Crippen molar-refractivity contribution in [2.75, 3.05) is 13.1 Å². The molecule has 18 heavy (non-hydrogen) atoms. The third kappa shape index (κ3) is 1.88. The van der Waals surface area contributed by atoms with E-state index in [1.165, 1.54) is 12.8 Å². The summed E-state index contributed by atoms with van der Waals surface area (Å²) in [4.78, 5) is 16.2. The summed E-state index contributed by atoms with van der Waals surface area (Å²) < 4.78 is 0. The van der Waals surface area contributed by atoms with Gasteiger partial charge in [-0.15, -0.1) is 0 Å². The molecule has 2 aromatic heterocycles. The van der Waals surface area contributed by atoms with E-state index < -0.39 is 0 Å². The van der Waals surface area contributed by atoms with Crippen LogP contribution in [0.5, 0.6) is 0 Å². The van der Waals surface area contributed by atoms with Crippen LogP contribution in [-0.4, -0.2) is 33.0 Å². The quantitative estimate of drug-likeness (QED) is 0.844. The molecule has 0 amide bonds. The molecule has 3 rings (SSSR count). The number of rotatable bonds is 2. The lowest BCUT2D eigenvalue weighted by Crippen LogP contribution is -2.41. The topological polar surface area (TPSA) is 66.5 Å². The van der Waals surface area contributed by atoms with Gasteiger partial charge in [0, 0.05) is 5.41 Å². The zero-order valence-corrected chi connectivity index (χ0v) is 10.9. The fraction of sp³-hybridized carbons (Fsp3) is 0.615. The Morgan fingerprint density at radius 1 is 1.39 bits per heavy atom. The Morgan fingerprint density at radius 2 is 2.28 bits per heavy atom. The molecule has 2 N–H and O–H groups in total. The number of nitrogens with zero attached hydrogens (tertiary/aromatic N) is 3. The molecule has 0 aromatic carbocycles. The van der Waals surface area contributed by atoms with Crippen LogP contribution in [-0.2, 0) is 5.41 Å². The average molecular weight is 245 g/mol. The average Bonchev–Trinajstić information content (AvgIpc) is 2.84. The highest BCUT2D eigenvalue weighted by Crippen LogP contribution is 2.34. The summed E-state index contributed by atoms with van der Waals surface area (Å²) in [6, 6.07) is 0. The molecule has 0 radical (unpaired) electrons. The van der Waals surface area contributed by atoms with Crippen LogP contribution in [0, 0.1) is 5.92 Å². The van der Waals surface area contributed by atoms with Gasteiger partial charge in [-0.2, -0.15) is 0 Å². The summed E-state index contributed by atoms with van der Waals surface area (Å²) in [6.07, 6.45) is 5.83. The number of H-pyrrole nitrogens is 1. The largest absolute Gasteiger partial charge is 0.339 e. The SMILES string of the molecule is CC(C)(c1nc2ncncc2[nH]1)C1CCCNC1. The summed E-state index contributed by atoms with van der Waals surface area (Å²) >= 11 is 0. The van der Waals surface area contributed by atoms with Crippen molar-refractivity contribution in [3.63, 3.8) is 0 Å². The first kappa shape index (κ1) is 11.6. The minimum atomic E-state index is 0.0358. The predicted octanol–water partition coefficient (Wildman–Crippen LogP) is 1.63. The summed E-state index contributed by atoms with van der Waals surface area (Å²) in [5.74, 6) is 1.63. The van der Waals surface area contributed by atoms with Gasteiger partial charge >= 0.3 is 0 Å². The lowest BCUT2D eigenvalue weighted by atomic mass is 9.74. The summed E-state index contributed by atoms with van der Waals surface area (Å²) in [5.41, 5.74) is 1.72. The third-order valence-corrected chi connectivity index (χ3v) is 4.09. The smallest absolute Gasteiger partial charge is 0.180 e. The zero-order chi connectivity index (χ0) is 12.6. The molecule has 5 nitrogen and oxygen atoms in total. The molecule has 1 fully saturated rings. The second kappa shape index (κ2) is 4.31. The van der Waals surface area contributed by atoms with E-state index in [0.717, 1.165) is 30.1 Å². The van der Waals surface area contributed by atoms with Gasteiger partial charge in [0.05, 0.1) is 6.20 Å². The zero-order valence-electron chi connectivity index (χ0n) is 10.9. The van der Waals surface area contributed by atoms with Crippen LogP contribution in [0.3, 0.4) is 0 Å². The van der Waals surface area contributed by atoms with E-state index in [4.69, 9.17) is 0 Å².